The number of imidazole rings is 1. The van der Waals surface area contributed by atoms with Gasteiger partial charge in [-0.3, -0.25) is 0 Å². The van der Waals surface area contributed by atoms with E-state index >= 15 is 0 Å². The average molecular weight is 261 g/mol. The minimum atomic E-state index is -0.273. The average Bonchev–Trinajstić information content (AvgIpc) is 2.98. The van der Waals surface area contributed by atoms with Gasteiger partial charge in [-0.25, -0.2) is 9.37 Å². The van der Waals surface area contributed by atoms with Crippen LogP contribution in [-0.2, 0) is 7.05 Å². The molecule has 3 aromatic rings. The first-order valence-electron chi connectivity index (χ1n) is 5.57. The molecule has 0 bridgehead atoms. The monoisotopic (exact) mass is 261 g/mol. The maximum Gasteiger partial charge on any atom is 0.132 e. The van der Waals surface area contributed by atoms with Crippen LogP contribution >= 0.6 is 11.3 Å². The zero-order chi connectivity index (χ0) is 12.7. The SMILES string of the molecule is Cn1c(C(N)c2cccs2)nc2ccc(F)cc21. The molecule has 0 aliphatic carbocycles. The highest BCUT2D eigenvalue weighted by atomic mass is 32.1. The number of nitrogens with two attached hydrogens (primary N) is 1. The summed E-state index contributed by atoms with van der Waals surface area (Å²) in [4.78, 5) is 5.54. The number of thiophene rings is 1. The second-order valence-electron chi connectivity index (χ2n) is 4.16. The van der Waals surface area contributed by atoms with Crippen LogP contribution in [0.1, 0.15) is 16.7 Å². The van der Waals surface area contributed by atoms with Crippen LogP contribution in [0.3, 0.4) is 0 Å². The lowest BCUT2D eigenvalue weighted by Crippen LogP contribution is -2.15. The van der Waals surface area contributed by atoms with Crippen molar-refractivity contribution in [3.8, 4) is 0 Å². The van der Waals surface area contributed by atoms with Crippen LogP contribution in [0, 0.1) is 5.82 Å². The first-order chi connectivity index (χ1) is 8.66. The molecule has 0 radical (unpaired) electrons. The van der Waals surface area contributed by atoms with Gasteiger partial charge in [-0.1, -0.05) is 6.07 Å². The third-order valence-corrected chi connectivity index (χ3v) is 3.96. The minimum Gasteiger partial charge on any atom is -0.329 e. The quantitative estimate of drug-likeness (QED) is 0.771. The van der Waals surface area contributed by atoms with Crippen LogP contribution in [0.2, 0.25) is 0 Å². The maximum absolute atomic E-state index is 13.2. The van der Waals surface area contributed by atoms with Gasteiger partial charge in [0.25, 0.3) is 0 Å². The van der Waals surface area contributed by atoms with E-state index in [1.165, 1.54) is 12.1 Å². The van der Waals surface area contributed by atoms with Gasteiger partial charge < -0.3 is 10.3 Å². The third kappa shape index (κ3) is 1.72. The lowest BCUT2D eigenvalue weighted by Gasteiger charge is -2.09. The van der Waals surface area contributed by atoms with Crippen molar-refractivity contribution in [2.75, 3.05) is 0 Å². The van der Waals surface area contributed by atoms with Crippen molar-refractivity contribution in [2.24, 2.45) is 12.8 Å². The zero-order valence-electron chi connectivity index (χ0n) is 9.80. The molecular weight excluding hydrogens is 249 g/mol. The summed E-state index contributed by atoms with van der Waals surface area (Å²) in [6, 6.07) is 8.24. The fourth-order valence-corrected chi connectivity index (χ4v) is 2.78. The predicted octanol–water partition coefficient (Wildman–Crippen LogP) is 2.82. The second-order valence-corrected chi connectivity index (χ2v) is 5.13. The summed E-state index contributed by atoms with van der Waals surface area (Å²) in [5.41, 5.74) is 7.72. The molecule has 1 unspecified atom stereocenters. The Morgan fingerprint density at radius 1 is 1.39 bits per heavy atom. The van der Waals surface area contributed by atoms with Crippen molar-refractivity contribution < 1.29 is 4.39 Å². The van der Waals surface area contributed by atoms with Crippen molar-refractivity contribution in [3.05, 3.63) is 52.2 Å². The van der Waals surface area contributed by atoms with Crippen molar-refractivity contribution >= 4 is 22.4 Å². The molecule has 2 heterocycles. The molecule has 0 aliphatic rings. The van der Waals surface area contributed by atoms with Crippen LogP contribution in [0.15, 0.2) is 35.7 Å². The highest BCUT2D eigenvalue weighted by Gasteiger charge is 2.17. The summed E-state index contributed by atoms with van der Waals surface area (Å²) >= 11 is 1.60. The summed E-state index contributed by atoms with van der Waals surface area (Å²) in [6.07, 6.45) is 0. The van der Waals surface area contributed by atoms with Gasteiger partial charge in [0.05, 0.1) is 17.1 Å². The molecule has 0 spiro atoms. The Balaban J connectivity index is 2.15. The Kier molecular flexibility index (Phi) is 2.65. The molecule has 0 saturated carbocycles. The fraction of sp³-hybridized carbons (Fsp3) is 0.154. The molecule has 1 atom stereocenters. The van der Waals surface area contributed by atoms with Crippen LogP contribution in [0.25, 0.3) is 11.0 Å². The molecule has 5 heteroatoms. The first-order valence-corrected chi connectivity index (χ1v) is 6.45. The van der Waals surface area contributed by atoms with Gasteiger partial charge in [0.15, 0.2) is 0 Å². The number of rotatable bonds is 2. The van der Waals surface area contributed by atoms with Gasteiger partial charge in [0, 0.05) is 11.9 Å². The van der Waals surface area contributed by atoms with Gasteiger partial charge in [0.1, 0.15) is 11.6 Å². The molecule has 18 heavy (non-hydrogen) atoms. The lowest BCUT2D eigenvalue weighted by molar-refractivity contribution is 0.628. The predicted molar refractivity (Wildman–Crippen MR) is 71.0 cm³/mol. The third-order valence-electron chi connectivity index (χ3n) is 3.01. The van der Waals surface area contributed by atoms with Gasteiger partial charge in [-0.05, 0) is 29.6 Å². The van der Waals surface area contributed by atoms with Crippen molar-refractivity contribution in [1.29, 1.82) is 0 Å². The first kappa shape index (κ1) is 11.4. The smallest absolute Gasteiger partial charge is 0.132 e. The van der Waals surface area contributed by atoms with Crippen LogP contribution < -0.4 is 5.73 Å². The Bertz CT molecular complexity index is 688. The van der Waals surface area contributed by atoms with E-state index in [0.717, 1.165) is 21.7 Å². The minimum absolute atomic E-state index is 0.262. The number of hydrogen-bond donors (Lipinski definition) is 1. The summed E-state index contributed by atoms with van der Waals surface area (Å²) in [6.45, 7) is 0. The second kappa shape index (κ2) is 4.19. The molecule has 1 aromatic carbocycles. The Hall–Kier alpha value is -1.72. The number of fused-ring (bicyclic) bond motifs is 1. The number of aryl methyl sites for hydroxylation is 1. The van der Waals surface area contributed by atoms with E-state index in [2.05, 4.69) is 4.98 Å². The molecular formula is C13H12FN3S. The number of halogens is 1. The highest BCUT2D eigenvalue weighted by molar-refractivity contribution is 7.10. The van der Waals surface area contributed by atoms with Crippen molar-refractivity contribution in [3.63, 3.8) is 0 Å². The van der Waals surface area contributed by atoms with E-state index in [0.29, 0.717) is 0 Å². The number of benzene rings is 1. The van der Waals surface area contributed by atoms with Gasteiger partial charge in [0.2, 0.25) is 0 Å². The lowest BCUT2D eigenvalue weighted by atomic mass is 10.2. The molecule has 0 fully saturated rings. The summed E-state index contributed by atoms with van der Waals surface area (Å²) < 4.78 is 15.1. The summed E-state index contributed by atoms with van der Waals surface area (Å²) in [5.74, 6) is 0.486. The van der Waals surface area contributed by atoms with Crippen LogP contribution in [-0.4, -0.2) is 9.55 Å². The molecule has 2 aromatic heterocycles. The van der Waals surface area contributed by atoms with E-state index < -0.39 is 0 Å². The van der Waals surface area contributed by atoms with Crippen molar-refractivity contribution in [1.82, 2.24) is 9.55 Å². The molecule has 3 nitrogen and oxygen atoms in total. The summed E-state index contributed by atoms with van der Waals surface area (Å²) in [5, 5.41) is 1.98. The Labute approximate surface area is 108 Å². The molecule has 3 rings (SSSR count). The topological polar surface area (TPSA) is 43.8 Å². The van der Waals surface area contributed by atoms with E-state index in [1.54, 1.807) is 17.4 Å². The maximum atomic E-state index is 13.2. The normalized spacial score (nSPS) is 13.1. The molecule has 0 saturated heterocycles. The largest absolute Gasteiger partial charge is 0.329 e. The number of aromatic nitrogens is 2. The Morgan fingerprint density at radius 2 is 2.22 bits per heavy atom. The molecule has 0 aliphatic heterocycles. The van der Waals surface area contributed by atoms with Crippen LogP contribution in [0.4, 0.5) is 4.39 Å². The van der Waals surface area contributed by atoms with Gasteiger partial charge in [-0.15, -0.1) is 11.3 Å². The van der Waals surface area contributed by atoms with Gasteiger partial charge >= 0.3 is 0 Å². The Morgan fingerprint density at radius 3 is 2.94 bits per heavy atom. The molecule has 0 amide bonds. The van der Waals surface area contributed by atoms with E-state index in [1.807, 2.05) is 29.1 Å². The summed E-state index contributed by atoms with van der Waals surface area (Å²) in [7, 11) is 1.86. The fourth-order valence-electron chi connectivity index (χ4n) is 2.06. The van der Waals surface area contributed by atoms with E-state index in [9.17, 15) is 4.39 Å². The van der Waals surface area contributed by atoms with Crippen molar-refractivity contribution in [2.45, 2.75) is 6.04 Å². The molecule has 92 valence electrons. The number of nitrogens with zero attached hydrogens (tertiary/aromatic N) is 2. The van der Waals surface area contributed by atoms with Gasteiger partial charge in [-0.2, -0.15) is 0 Å². The van der Waals surface area contributed by atoms with E-state index in [4.69, 9.17) is 5.73 Å². The van der Waals surface area contributed by atoms with Crippen LogP contribution in [0.5, 0.6) is 0 Å². The highest BCUT2D eigenvalue weighted by Crippen LogP contribution is 2.26. The number of hydrogen-bond acceptors (Lipinski definition) is 3. The zero-order valence-corrected chi connectivity index (χ0v) is 10.6. The standard InChI is InChI=1S/C13H12FN3S/c1-17-10-7-8(14)4-5-9(10)16-13(17)12(15)11-3-2-6-18-11/h2-7,12H,15H2,1H3. The molecule has 2 N–H and O–H groups in total. The van der Waals surface area contributed by atoms with E-state index in [-0.39, 0.29) is 11.9 Å².